The average molecular weight is 654 g/mol. The lowest BCUT2D eigenvalue weighted by molar-refractivity contribution is 1.54. The number of benzene rings is 8. The van der Waals surface area contributed by atoms with Crippen LogP contribution in [0.5, 0.6) is 0 Å². The van der Waals surface area contributed by atoms with E-state index in [1.165, 1.54) is 92.1 Å². The van der Waals surface area contributed by atoms with E-state index in [1.54, 1.807) is 0 Å². The molecule has 0 radical (unpaired) electrons. The van der Waals surface area contributed by atoms with Gasteiger partial charge >= 0.3 is 0 Å². The molecule has 10 aromatic rings. The summed E-state index contributed by atoms with van der Waals surface area (Å²) in [5.41, 5.74) is 14.7. The Morgan fingerprint density at radius 3 is 1.66 bits per heavy atom. The van der Waals surface area contributed by atoms with Crippen LogP contribution in [0.4, 0.5) is 0 Å². The number of hydrogen-bond donors (Lipinski definition) is 1. The highest BCUT2D eigenvalue weighted by Gasteiger charge is 2.22. The predicted octanol–water partition coefficient (Wildman–Crippen LogP) is 14.0. The third-order valence-corrected chi connectivity index (χ3v) is 11.3. The van der Waals surface area contributed by atoms with E-state index in [9.17, 15) is 0 Å². The molecular formula is C48H31NS. The molecule has 0 unspecified atom stereocenters. The third-order valence-electron chi connectivity index (χ3n) is 10.0. The standard InChI is InChI=1S/C48H31NS/c1-4-15-31(16-5-1)34-29-42-38-23-12-13-26-44(38)49-46(42)43(30-34)40-28-27-39(37-22-11-10-21-35(37)32-17-6-2-7-18-32)45-41-25-14-24-36(47(41)50-48(40)45)33-19-8-3-9-20-33/h1-30,49H. The summed E-state index contributed by atoms with van der Waals surface area (Å²) in [6, 6.07) is 66.2. The average Bonchev–Trinajstić information content (AvgIpc) is 3.78. The van der Waals surface area contributed by atoms with Gasteiger partial charge in [0.05, 0.1) is 5.52 Å². The van der Waals surface area contributed by atoms with Crippen LogP contribution in [0, 0.1) is 0 Å². The Morgan fingerprint density at radius 2 is 0.900 bits per heavy atom. The number of H-pyrrole nitrogens is 1. The number of para-hydroxylation sites is 1. The molecule has 2 heterocycles. The highest BCUT2D eigenvalue weighted by molar-refractivity contribution is 7.27. The zero-order valence-electron chi connectivity index (χ0n) is 27.2. The molecule has 0 fully saturated rings. The Morgan fingerprint density at radius 1 is 0.320 bits per heavy atom. The summed E-state index contributed by atoms with van der Waals surface area (Å²) in [6.07, 6.45) is 0. The van der Waals surface area contributed by atoms with Gasteiger partial charge in [-0.1, -0.05) is 164 Å². The van der Waals surface area contributed by atoms with Gasteiger partial charge in [-0.3, -0.25) is 0 Å². The smallest absolute Gasteiger partial charge is 0.0545 e. The molecule has 0 saturated heterocycles. The molecule has 0 aliphatic rings. The number of aromatic nitrogens is 1. The summed E-state index contributed by atoms with van der Waals surface area (Å²) >= 11 is 1.92. The van der Waals surface area contributed by atoms with Crippen LogP contribution in [-0.4, -0.2) is 4.98 Å². The van der Waals surface area contributed by atoms with Crippen LogP contribution in [0.3, 0.4) is 0 Å². The van der Waals surface area contributed by atoms with E-state index in [0.717, 1.165) is 5.52 Å². The third kappa shape index (κ3) is 4.61. The number of thiophene rings is 1. The molecule has 10 rings (SSSR count). The normalized spacial score (nSPS) is 11.6. The second-order valence-electron chi connectivity index (χ2n) is 12.9. The SMILES string of the molecule is c1ccc(-c2cc(-c3ccc(-c4ccccc4-c4ccccc4)c4c3sc3c(-c5ccccc5)cccc34)c3[nH]c4ccccc4c3c2)cc1. The van der Waals surface area contributed by atoms with Gasteiger partial charge in [0.2, 0.25) is 0 Å². The summed E-state index contributed by atoms with van der Waals surface area (Å²) in [4.78, 5) is 3.84. The van der Waals surface area contributed by atoms with Gasteiger partial charge in [-0.05, 0) is 62.7 Å². The van der Waals surface area contributed by atoms with Gasteiger partial charge < -0.3 is 4.98 Å². The van der Waals surface area contributed by atoms with Crippen molar-refractivity contribution in [1.82, 2.24) is 4.98 Å². The quantitative estimate of drug-likeness (QED) is 0.190. The minimum atomic E-state index is 1.15. The first-order valence-corrected chi connectivity index (χ1v) is 17.9. The van der Waals surface area contributed by atoms with E-state index >= 15 is 0 Å². The van der Waals surface area contributed by atoms with Crippen LogP contribution in [0.15, 0.2) is 182 Å². The molecular weight excluding hydrogens is 623 g/mol. The lowest BCUT2D eigenvalue weighted by Gasteiger charge is -2.15. The van der Waals surface area contributed by atoms with Gasteiger partial charge in [-0.25, -0.2) is 0 Å². The summed E-state index contributed by atoms with van der Waals surface area (Å²) in [6.45, 7) is 0. The molecule has 0 bridgehead atoms. The summed E-state index contributed by atoms with van der Waals surface area (Å²) in [5.74, 6) is 0. The molecule has 1 nitrogen and oxygen atoms in total. The van der Waals surface area contributed by atoms with Crippen molar-refractivity contribution in [1.29, 1.82) is 0 Å². The van der Waals surface area contributed by atoms with Gasteiger partial charge in [0, 0.05) is 47.6 Å². The molecule has 234 valence electrons. The van der Waals surface area contributed by atoms with E-state index in [4.69, 9.17) is 0 Å². The molecule has 2 heteroatoms. The molecule has 50 heavy (non-hydrogen) atoms. The number of hydrogen-bond acceptors (Lipinski definition) is 1. The maximum Gasteiger partial charge on any atom is 0.0545 e. The molecule has 0 atom stereocenters. The van der Waals surface area contributed by atoms with Crippen LogP contribution in [0.2, 0.25) is 0 Å². The first-order chi connectivity index (χ1) is 24.8. The molecule has 0 aliphatic heterocycles. The first kappa shape index (κ1) is 28.8. The molecule has 0 aliphatic carbocycles. The maximum absolute atomic E-state index is 3.84. The number of nitrogens with one attached hydrogen (secondary N) is 1. The van der Waals surface area contributed by atoms with Crippen molar-refractivity contribution in [3.63, 3.8) is 0 Å². The largest absolute Gasteiger partial charge is 0.354 e. The van der Waals surface area contributed by atoms with Gasteiger partial charge in [0.25, 0.3) is 0 Å². The number of rotatable bonds is 5. The Balaban J connectivity index is 1.34. The van der Waals surface area contributed by atoms with Gasteiger partial charge in [-0.2, -0.15) is 0 Å². The van der Waals surface area contributed by atoms with E-state index in [2.05, 4.69) is 187 Å². The summed E-state index contributed by atoms with van der Waals surface area (Å²) in [7, 11) is 0. The zero-order valence-corrected chi connectivity index (χ0v) is 28.0. The van der Waals surface area contributed by atoms with E-state index in [-0.39, 0.29) is 0 Å². The molecule has 8 aromatic carbocycles. The van der Waals surface area contributed by atoms with Crippen molar-refractivity contribution in [3.05, 3.63) is 182 Å². The zero-order chi connectivity index (χ0) is 33.0. The highest BCUT2D eigenvalue weighted by atomic mass is 32.1. The van der Waals surface area contributed by atoms with Crippen molar-refractivity contribution < 1.29 is 0 Å². The van der Waals surface area contributed by atoms with Crippen LogP contribution in [-0.2, 0) is 0 Å². The van der Waals surface area contributed by atoms with E-state index in [1.807, 2.05) is 11.3 Å². The minimum absolute atomic E-state index is 1.15. The molecule has 0 spiro atoms. The monoisotopic (exact) mass is 653 g/mol. The second-order valence-corrected chi connectivity index (χ2v) is 13.9. The van der Waals surface area contributed by atoms with Gasteiger partial charge in [0.1, 0.15) is 0 Å². The molecule has 0 amide bonds. The van der Waals surface area contributed by atoms with Crippen LogP contribution in [0.1, 0.15) is 0 Å². The fraction of sp³-hybridized carbons (Fsp3) is 0. The van der Waals surface area contributed by atoms with Crippen molar-refractivity contribution in [3.8, 4) is 55.6 Å². The van der Waals surface area contributed by atoms with E-state index in [0.29, 0.717) is 0 Å². The minimum Gasteiger partial charge on any atom is -0.354 e. The first-order valence-electron chi connectivity index (χ1n) is 17.1. The number of aromatic amines is 1. The summed E-state index contributed by atoms with van der Waals surface area (Å²) in [5, 5.41) is 5.08. The lowest BCUT2D eigenvalue weighted by atomic mass is 9.89. The van der Waals surface area contributed by atoms with Crippen LogP contribution >= 0.6 is 11.3 Å². The number of fused-ring (bicyclic) bond motifs is 6. The second kappa shape index (κ2) is 11.7. The molecule has 1 N–H and O–H groups in total. The van der Waals surface area contributed by atoms with Crippen molar-refractivity contribution >= 4 is 53.3 Å². The van der Waals surface area contributed by atoms with Crippen LogP contribution < -0.4 is 0 Å². The fourth-order valence-electron chi connectivity index (χ4n) is 7.73. The highest BCUT2D eigenvalue weighted by Crippen LogP contribution is 2.50. The Hall–Kier alpha value is -6.22. The van der Waals surface area contributed by atoms with Crippen molar-refractivity contribution in [2.75, 3.05) is 0 Å². The van der Waals surface area contributed by atoms with Gasteiger partial charge in [0.15, 0.2) is 0 Å². The lowest BCUT2D eigenvalue weighted by Crippen LogP contribution is -1.89. The molecule has 2 aromatic heterocycles. The topological polar surface area (TPSA) is 15.8 Å². The van der Waals surface area contributed by atoms with E-state index < -0.39 is 0 Å². The molecule has 0 saturated carbocycles. The Bertz CT molecular complexity index is 2840. The maximum atomic E-state index is 3.84. The summed E-state index contributed by atoms with van der Waals surface area (Å²) < 4.78 is 2.61. The Labute approximate surface area is 294 Å². The Kier molecular flexibility index (Phi) is 6.75. The predicted molar refractivity (Wildman–Crippen MR) is 216 cm³/mol. The fourth-order valence-corrected chi connectivity index (χ4v) is 9.12. The van der Waals surface area contributed by atoms with Gasteiger partial charge in [-0.15, -0.1) is 11.3 Å². The van der Waals surface area contributed by atoms with Crippen molar-refractivity contribution in [2.45, 2.75) is 0 Å². The van der Waals surface area contributed by atoms with Crippen LogP contribution in [0.25, 0.3) is 97.6 Å². The van der Waals surface area contributed by atoms with Crippen molar-refractivity contribution in [2.24, 2.45) is 0 Å².